The van der Waals surface area contributed by atoms with Crippen molar-refractivity contribution in [2.24, 2.45) is 5.73 Å². The molecule has 2 aromatic carbocycles. The van der Waals surface area contributed by atoms with E-state index in [2.05, 4.69) is 6.07 Å². The van der Waals surface area contributed by atoms with Crippen molar-refractivity contribution in [2.45, 2.75) is 18.6 Å². The summed E-state index contributed by atoms with van der Waals surface area (Å²) in [7, 11) is 0. The maximum absolute atomic E-state index is 6.27. The van der Waals surface area contributed by atoms with E-state index >= 15 is 0 Å². The van der Waals surface area contributed by atoms with Crippen molar-refractivity contribution in [3.63, 3.8) is 0 Å². The molecule has 0 aliphatic carbocycles. The van der Waals surface area contributed by atoms with Crippen LogP contribution in [0, 0.1) is 0 Å². The normalized spacial score (nSPS) is 18.8. The van der Waals surface area contributed by atoms with Crippen molar-refractivity contribution < 1.29 is 4.74 Å². The van der Waals surface area contributed by atoms with Gasteiger partial charge in [0.25, 0.3) is 0 Å². The topological polar surface area (TPSA) is 35.2 Å². The van der Waals surface area contributed by atoms with Crippen molar-refractivity contribution in [3.05, 3.63) is 63.6 Å². The van der Waals surface area contributed by atoms with Crippen LogP contribution in [0.15, 0.2) is 42.5 Å². The first-order valence-electron chi connectivity index (χ1n) is 6.10. The maximum Gasteiger partial charge on any atom is 0.123 e. The van der Waals surface area contributed by atoms with E-state index in [1.807, 2.05) is 24.3 Å². The van der Waals surface area contributed by atoms with Crippen LogP contribution in [0.2, 0.25) is 10.0 Å². The van der Waals surface area contributed by atoms with E-state index in [9.17, 15) is 0 Å². The van der Waals surface area contributed by atoms with Crippen molar-refractivity contribution in [3.8, 4) is 5.75 Å². The second-order valence-corrected chi connectivity index (χ2v) is 5.48. The molecule has 0 saturated carbocycles. The van der Waals surface area contributed by atoms with E-state index in [1.54, 1.807) is 12.1 Å². The van der Waals surface area contributed by atoms with Gasteiger partial charge in [-0.15, -0.1) is 0 Å². The fourth-order valence-corrected chi connectivity index (χ4v) is 2.65. The van der Waals surface area contributed by atoms with E-state index < -0.39 is 0 Å². The number of hydrogen-bond donors (Lipinski definition) is 1. The third-order valence-corrected chi connectivity index (χ3v) is 4.14. The zero-order valence-electron chi connectivity index (χ0n) is 10.1. The zero-order chi connectivity index (χ0) is 13.4. The first-order chi connectivity index (χ1) is 9.15. The number of rotatable bonds is 2. The first kappa shape index (κ1) is 12.8. The molecule has 0 amide bonds. The molecule has 0 fully saturated rings. The molecule has 1 heterocycles. The van der Waals surface area contributed by atoms with Crippen molar-refractivity contribution in [2.75, 3.05) is 0 Å². The molecule has 19 heavy (non-hydrogen) atoms. The molecule has 2 N–H and O–H groups in total. The molecule has 0 saturated heterocycles. The summed E-state index contributed by atoms with van der Waals surface area (Å²) in [5.74, 6) is 0.919. The minimum absolute atomic E-state index is 0.0605. The molecular formula is C15H13Cl2NO. The van der Waals surface area contributed by atoms with Gasteiger partial charge >= 0.3 is 0 Å². The fraction of sp³-hybridized carbons (Fsp3) is 0.200. The van der Waals surface area contributed by atoms with Gasteiger partial charge in [0.1, 0.15) is 11.9 Å². The largest absolute Gasteiger partial charge is 0.488 e. The number of benzene rings is 2. The predicted molar refractivity (Wildman–Crippen MR) is 78.0 cm³/mol. The number of fused-ring (bicyclic) bond motifs is 1. The molecule has 2 unspecified atom stereocenters. The quantitative estimate of drug-likeness (QED) is 0.908. The molecule has 98 valence electrons. The Balaban J connectivity index is 1.82. The molecule has 1 aliphatic rings. The van der Waals surface area contributed by atoms with Gasteiger partial charge in [0.05, 0.1) is 16.1 Å². The van der Waals surface area contributed by atoms with Gasteiger partial charge in [-0.25, -0.2) is 0 Å². The van der Waals surface area contributed by atoms with Gasteiger partial charge < -0.3 is 10.5 Å². The average Bonchev–Trinajstić information content (AvgIpc) is 2.85. The van der Waals surface area contributed by atoms with Crippen molar-refractivity contribution >= 4 is 23.2 Å². The highest BCUT2D eigenvalue weighted by molar-refractivity contribution is 6.42. The van der Waals surface area contributed by atoms with Crippen LogP contribution in [-0.4, -0.2) is 6.10 Å². The lowest BCUT2D eigenvalue weighted by molar-refractivity contribution is 0.200. The van der Waals surface area contributed by atoms with Crippen LogP contribution in [0.3, 0.4) is 0 Å². The third kappa shape index (κ3) is 2.44. The van der Waals surface area contributed by atoms with Gasteiger partial charge in [-0.1, -0.05) is 47.5 Å². The zero-order valence-corrected chi connectivity index (χ0v) is 11.7. The lowest BCUT2D eigenvalue weighted by atomic mass is 9.98. The molecule has 2 atom stereocenters. The Labute approximate surface area is 122 Å². The van der Waals surface area contributed by atoms with Crippen molar-refractivity contribution in [1.82, 2.24) is 0 Å². The molecule has 0 radical (unpaired) electrons. The summed E-state index contributed by atoms with van der Waals surface area (Å²) in [5.41, 5.74) is 8.41. The van der Waals surface area contributed by atoms with Crippen LogP contribution in [0.1, 0.15) is 17.2 Å². The predicted octanol–water partition coefficient (Wildman–Crippen LogP) is 4.00. The molecule has 2 aromatic rings. The summed E-state index contributed by atoms with van der Waals surface area (Å²) in [5, 5.41) is 1.05. The van der Waals surface area contributed by atoms with E-state index in [0.717, 1.165) is 17.7 Å². The summed E-state index contributed by atoms with van der Waals surface area (Å²) in [6.45, 7) is 0. The fourth-order valence-electron chi connectivity index (χ4n) is 2.34. The second-order valence-electron chi connectivity index (χ2n) is 4.67. The molecule has 0 bridgehead atoms. The minimum Gasteiger partial charge on any atom is -0.488 e. The standard InChI is InChI=1S/C15H13Cl2NO/c16-11-6-5-10(7-12(11)17)15(18)14-8-9-3-1-2-4-13(9)19-14/h1-7,14-15H,8,18H2. The highest BCUT2D eigenvalue weighted by atomic mass is 35.5. The van der Waals surface area contributed by atoms with Gasteiger partial charge in [-0.3, -0.25) is 0 Å². The summed E-state index contributed by atoms with van der Waals surface area (Å²) < 4.78 is 5.89. The maximum atomic E-state index is 6.27. The van der Waals surface area contributed by atoms with Crippen molar-refractivity contribution in [1.29, 1.82) is 0 Å². The second kappa shape index (κ2) is 5.04. The molecule has 3 rings (SSSR count). The Morgan fingerprint density at radius 2 is 1.89 bits per heavy atom. The number of nitrogens with two attached hydrogens (primary N) is 1. The van der Waals surface area contributed by atoms with Crippen LogP contribution in [0.4, 0.5) is 0 Å². The van der Waals surface area contributed by atoms with Crippen LogP contribution in [-0.2, 0) is 6.42 Å². The van der Waals surface area contributed by atoms with Crippen LogP contribution >= 0.6 is 23.2 Å². The minimum atomic E-state index is -0.220. The molecule has 0 aromatic heterocycles. The van der Waals surface area contributed by atoms with E-state index in [-0.39, 0.29) is 12.1 Å². The molecule has 2 nitrogen and oxygen atoms in total. The highest BCUT2D eigenvalue weighted by Crippen LogP contribution is 2.34. The molecule has 4 heteroatoms. The number of ether oxygens (including phenoxy) is 1. The SMILES string of the molecule is NC(c1ccc(Cl)c(Cl)c1)C1Cc2ccccc2O1. The van der Waals surface area contributed by atoms with Crippen LogP contribution in [0.5, 0.6) is 5.75 Å². The first-order valence-corrected chi connectivity index (χ1v) is 6.86. The van der Waals surface area contributed by atoms with Gasteiger partial charge in [-0.05, 0) is 29.3 Å². The van der Waals surface area contributed by atoms with E-state index in [0.29, 0.717) is 10.0 Å². The number of hydrogen-bond acceptors (Lipinski definition) is 2. The number of halogens is 2. The van der Waals surface area contributed by atoms with Gasteiger partial charge in [0, 0.05) is 6.42 Å². The van der Waals surface area contributed by atoms with E-state index in [1.165, 1.54) is 5.56 Å². The molecular weight excluding hydrogens is 281 g/mol. The van der Waals surface area contributed by atoms with Gasteiger partial charge in [0.2, 0.25) is 0 Å². The van der Waals surface area contributed by atoms with Gasteiger partial charge in [0.15, 0.2) is 0 Å². The highest BCUT2D eigenvalue weighted by Gasteiger charge is 2.29. The van der Waals surface area contributed by atoms with Gasteiger partial charge in [-0.2, -0.15) is 0 Å². The monoisotopic (exact) mass is 293 g/mol. The smallest absolute Gasteiger partial charge is 0.123 e. The Bertz CT molecular complexity index is 590. The lowest BCUT2D eigenvalue weighted by Gasteiger charge is -2.19. The number of para-hydroxylation sites is 1. The van der Waals surface area contributed by atoms with Crippen LogP contribution < -0.4 is 10.5 Å². The third-order valence-electron chi connectivity index (χ3n) is 3.40. The Morgan fingerprint density at radius 3 is 2.63 bits per heavy atom. The average molecular weight is 294 g/mol. The Morgan fingerprint density at radius 1 is 1.11 bits per heavy atom. The Hall–Kier alpha value is -1.22. The molecule has 1 aliphatic heterocycles. The summed E-state index contributed by atoms with van der Waals surface area (Å²) >= 11 is 11.9. The summed E-state index contributed by atoms with van der Waals surface area (Å²) in [6, 6.07) is 13.3. The summed E-state index contributed by atoms with van der Waals surface area (Å²) in [6.07, 6.45) is 0.757. The lowest BCUT2D eigenvalue weighted by Crippen LogP contribution is -2.29. The van der Waals surface area contributed by atoms with E-state index in [4.69, 9.17) is 33.7 Å². The summed E-state index contributed by atoms with van der Waals surface area (Å²) in [4.78, 5) is 0. The Kier molecular flexibility index (Phi) is 3.40. The molecule has 0 spiro atoms. The van der Waals surface area contributed by atoms with Crippen LogP contribution in [0.25, 0.3) is 0 Å².